The van der Waals surface area contributed by atoms with Gasteiger partial charge in [-0.3, -0.25) is 0 Å². The molecule has 0 aromatic heterocycles. The maximum Gasteiger partial charge on any atom is 0.219 e. The third-order valence-electron chi connectivity index (χ3n) is 2.65. The van der Waals surface area contributed by atoms with E-state index in [1.165, 1.54) is 0 Å². The Hall–Kier alpha value is -0.470. The molecule has 0 bridgehead atoms. The molecule has 0 aliphatic carbocycles. The largest absolute Gasteiger partial charge is 0.228 e. The minimum Gasteiger partial charge on any atom is -0.228 e. The molecule has 0 spiro atoms. The lowest BCUT2D eigenvalue weighted by atomic mass is 10.0. The van der Waals surface area contributed by atoms with Gasteiger partial charge >= 0.3 is 0 Å². The molecule has 1 nitrogen and oxygen atoms in total. The zero-order valence-electron chi connectivity index (χ0n) is 8.87. The molecule has 0 aliphatic heterocycles. The van der Waals surface area contributed by atoms with Crippen LogP contribution < -0.4 is 0 Å². The summed E-state index contributed by atoms with van der Waals surface area (Å²) >= 11 is 16.8. The number of benzene rings is 2. The number of alkyl halides is 3. The second kappa shape index (κ2) is 5.03. The van der Waals surface area contributed by atoms with Gasteiger partial charge in [0.1, 0.15) is 6.10 Å². The highest BCUT2D eigenvalue weighted by molar-refractivity contribution is 6.68. The molecule has 0 heterocycles. The molecule has 0 N–H and O–H groups in total. The van der Waals surface area contributed by atoms with Crippen molar-refractivity contribution in [3.63, 3.8) is 0 Å². The number of halogens is 3. The lowest BCUT2D eigenvalue weighted by Crippen LogP contribution is -2.26. The smallest absolute Gasteiger partial charge is 0.219 e. The normalized spacial score (nSPS) is 13.9. The molecule has 0 amide bonds. The predicted molar refractivity (Wildman–Crippen MR) is 72.4 cm³/mol. The molecule has 2 aromatic carbocycles. The topological polar surface area (TPSA) is 19.9 Å². The Morgan fingerprint density at radius 1 is 1.00 bits per heavy atom. The second-order valence-corrected chi connectivity index (χ2v) is 6.24. The Morgan fingerprint density at radius 2 is 1.65 bits per heavy atom. The molecule has 89 valence electrons. The van der Waals surface area contributed by atoms with E-state index in [4.69, 9.17) is 34.8 Å². The zero-order chi connectivity index (χ0) is 12.5. The van der Waals surface area contributed by atoms with Gasteiger partial charge in [-0.15, -0.1) is 0 Å². The molecule has 2 aromatic rings. The van der Waals surface area contributed by atoms with Crippen molar-refractivity contribution in [1.82, 2.24) is 0 Å². The Morgan fingerprint density at radius 3 is 2.35 bits per heavy atom. The van der Waals surface area contributed by atoms with Crippen LogP contribution in [0.5, 0.6) is 0 Å². The van der Waals surface area contributed by atoms with Crippen LogP contribution >= 0.6 is 34.8 Å². The molecule has 4 heteroatoms. The lowest BCUT2D eigenvalue weighted by molar-refractivity contribution is 0.0928. The van der Waals surface area contributed by atoms with Gasteiger partial charge in [-0.05, 0) is 16.3 Å². The van der Waals surface area contributed by atoms with Gasteiger partial charge in [0.2, 0.25) is 3.79 Å². The van der Waals surface area contributed by atoms with Gasteiger partial charge in [0.25, 0.3) is 0 Å². The van der Waals surface area contributed by atoms with Crippen LogP contribution in [-0.4, -0.2) is 9.90 Å². The fourth-order valence-corrected chi connectivity index (χ4v) is 2.02. The van der Waals surface area contributed by atoms with Crippen LogP contribution in [0.2, 0.25) is 0 Å². The third-order valence-corrected chi connectivity index (χ3v) is 3.38. The zero-order valence-corrected chi connectivity index (χ0v) is 11.1. The first-order chi connectivity index (χ1) is 7.98. The summed E-state index contributed by atoms with van der Waals surface area (Å²) in [4.78, 5) is 0. The van der Waals surface area contributed by atoms with Crippen molar-refractivity contribution in [1.29, 1.82) is 0 Å². The highest BCUT2D eigenvalue weighted by Gasteiger charge is 2.32. The van der Waals surface area contributed by atoms with Gasteiger partial charge in [0.05, 0.1) is 0 Å². The molecule has 0 fully saturated rings. The average molecular weight is 289 g/mol. The van der Waals surface area contributed by atoms with E-state index >= 15 is 0 Å². The Kier molecular flexibility index (Phi) is 3.84. The van der Waals surface area contributed by atoms with E-state index < -0.39 is 9.90 Å². The molecule has 1 radical (unpaired) electrons. The highest BCUT2D eigenvalue weighted by atomic mass is 35.6. The minimum absolute atomic E-state index is 0.206. The van der Waals surface area contributed by atoms with Crippen molar-refractivity contribution in [3.05, 3.63) is 48.0 Å². The summed E-state index contributed by atoms with van der Waals surface area (Å²) in [6.45, 7) is 0. The predicted octanol–water partition coefficient (Wildman–Crippen LogP) is 4.55. The third kappa shape index (κ3) is 3.05. The molecule has 0 saturated carbocycles. The number of fused-ring (bicyclic) bond motifs is 1. The molecule has 1 unspecified atom stereocenters. The van der Waals surface area contributed by atoms with E-state index in [1.54, 1.807) is 0 Å². The molecule has 0 saturated heterocycles. The first kappa shape index (κ1) is 13.0. The summed E-state index contributed by atoms with van der Waals surface area (Å²) < 4.78 is -1.77. The summed E-state index contributed by atoms with van der Waals surface area (Å²) in [6, 6.07) is 13.6. The lowest BCUT2D eigenvalue weighted by Gasteiger charge is -2.17. The minimum atomic E-state index is -1.77. The standard InChI is InChI=1S/C13H10Cl3O/c14-13(15,16)12(17)8-10-6-3-5-9-4-1-2-7-11(9)10/h1-7,12H,8H2. The molecule has 17 heavy (non-hydrogen) atoms. The SMILES string of the molecule is [O]C(Cc1cccc2ccccc12)C(Cl)(Cl)Cl. The van der Waals surface area contributed by atoms with Crippen LogP contribution in [0.25, 0.3) is 10.8 Å². The summed E-state index contributed by atoms with van der Waals surface area (Å²) in [7, 11) is 0. The molecule has 0 aliphatic rings. The van der Waals surface area contributed by atoms with E-state index in [1.807, 2.05) is 42.5 Å². The maximum atomic E-state index is 11.8. The number of hydrogen-bond donors (Lipinski definition) is 0. The first-order valence-electron chi connectivity index (χ1n) is 5.17. The summed E-state index contributed by atoms with van der Waals surface area (Å²) in [5.41, 5.74) is 0.912. The van der Waals surface area contributed by atoms with Crippen LogP contribution in [0.4, 0.5) is 0 Å². The molecular weight excluding hydrogens is 279 g/mol. The fourth-order valence-electron chi connectivity index (χ4n) is 1.79. The van der Waals surface area contributed by atoms with Crippen molar-refractivity contribution >= 4 is 45.6 Å². The van der Waals surface area contributed by atoms with Crippen LogP contribution in [0.15, 0.2) is 42.5 Å². The highest BCUT2D eigenvalue weighted by Crippen LogP contribution is 2.33. The van der Waals surface area contributed by atoms with Crippen LogP contribution in [0.3, 0.4) is 0 Å². The van der Waals surface area contributed by atoms with E-state index in [0.29, 0.717) is 0 Å². The molecular formula is C13H10Cl3O. The van der Waals surface area contributed by atoms with Crippen molar-refractivity contribution in [2.45, 2.75) is 16.3 Å². The molecule has 2 rings (SSSR count). The van der Waals surface area contributed by atoms with Crippen molar-refractivity contribution in [2.24, 2.45) is 0 Å². The Balaban J connectivity index is 2.36. The van der Waals surface area contributed by atoms with Crippen molar-refractivity contribution < 1.29 is 5.11 Å². The summed E-state index contributed by atoms with van der Waals surface area (Å²) in [5.74, 6) is 0. The van der Waals surface area contributed by atoms with Gasteiger partial charge in [-0.25, -0.2) is 5.11 Å². The van der Waals surface area contributed by atoms with Gasteiger partial charge in [0.15, 0.2) is 0 Å². The van der Waals surface area contributed by atoms with E-state index in [0.717, 1.165) is 16.3 Å². The van der Waals surface area contributed by atoms with E-state index in [9.17, 15) is 5.11 Å². The fraction of sp³-hybridized carbons (Fsp3) is 0.231. The van der Waals surface area contributed by atoms with E-state index in [2.05, 4.69) is 0 Å². The van der Waals surface area contributed by atoms with Crippen LogP contribution in [0.1, 0.15) is 5.56 Å². The van der Waals surface area contributed by atoms with Gasteiger partial charge in [0, 0.05) is 6.42 Å². The number of hydrogen-bond acceptors (Lipinski definition) is 0. The van der Waals surface area contributed by atoms with Crippen LogP contribution in [-0.2, 0) is 11.5 Å². The van der Waals surface area contributed by atoms with Gasteiger partial charge < -0.3 is 0 Å². The second-order valence-electron chi connectivity index (χ2n) is 3.87. The van der Waals surface area contributed by atoms with Crippen molar-refractivity contribution in [2.75, 3.05) is 0 Å². The molecule has 1 atom stereocenters. The first-order valence-corrected chi connectivity index (χ1v) is 6.31. The average Bonchev–Trinajstić information content (AvgIpc) is 2.28. The quantitative estimate of drug-likeness (QED) is 0.722. The Labute approximate surface area is 115 Å². The van der Waals surface area contributed by atoms with E-state index in [-0.39, 0.29) is 6.42 Å². The summed E-state index contributed by atoms with van der Waals surface area (Å²) in [5, 5.41) is 13.9. The van der Waals surface area contributed by atoms with Gasteiger partial charge in [-0.2, -0.15) is 0 Å². The van der Waals surface area contributed by atoms with Gasteiger partial charge in [-0.1, -0.05) is 77.3 Å². The summed E-state index contributed by atoms with van der Waals surface area (Å²) in [6.07, 6.45) is -1.06. The number of rotatable bonds is 2. The maximum absolute atomic E-state index is 11.8. The Bertz CT molecular complexity index is 514. The monoisotopic (exact) mass is 287 g/mol. The van der Waals surface area contributed by atoms with Crippen LogP contribution in [0, 0.1) is 0 Å². The van der Waals surface area contributed by atoms with Crippen molar-refractivity contribution in [3.8, 4) is 0 Å².